The van der Waals surface area contributed by atoms with Gasteiger partial charge in [0.25, 0.3) is 0 Å². The molecule has 2 aromatic carbocycles. The third-order valence-electron chi connectivity index (χ3n) is 4.36. The third kappa shape index (κ3) is 2.07. The van der Waals surface area contributed by atoms with Gasteiger partial charge in [0.15, 0.2) is 0 Å². The van der Waals surface area contributed by atoms with Crippen LogP contribution in [0.1, 0.15) is 35.6 Å². The van der Waals surface area contributed by atoms with E-state index in [1.165, 1.54) is 29.5 Å². The van der Waals surface area contributed by atoms with E-state index in [2.05, 4.69) is 66.9 Å². The van der Waals surface area contributed by atoms with Crippen LogP contribution in [-0.2, 0) is 5.41 Å². The summed E-state index contributed by atoms with van der Waals surface area (Å²) in [6.07, 6.45) is 2.39. The fourth-order valence-electron chi connectivity index (χ4n) is 3.11. The topological polar surface area (TPSA) is 38.0 Å². The average Bonchev–Trinajstić information content (AvgIpc) is 3.24. The van der Waals surface area contributed by atoms with Gasteiger partial charge in [-0.25, -0.2) is 0 Å². The molecule has 2 nitrogen and oxygen atoms in total. The van der Waals surface area contributed by atoms with E-state index >= 15 is 0 Å². The summed E-state index contributed by atoms with van der Waals surface area (Å²) in [6, 6.07) is 19.4. The Morgan fingerprint density at radius 2 is 1.63 bits per heavy atom. The Balaban J connectivity index is 2.02. The highest BCUT2D eigenvalue weighted by Crippen LogP contribution is 2.56. The zero-order valence-corrected chi connectivity index (χ0v) is 11.3. The molecule has 0 aliphatic heterocycles. The van der Waals surface area contributed by atoms with Crippen LogP contribution in [0.3, 0.4) is 0 Å². The molecule has 1 saturated carbocycles. The normalized spacial score (nSPS) is 18.0. The van der Waals surface area contributed by atoms with E-state index in [1.807, 2.05) is 0 Å². The van der Waals surface area contributed by atoms with Crippen LogP contribution in [0.25, 0.3) is 0 Å². The minimum absolute atomic E-state index is 0.169. The maximum Gasteiger partial charge on any atom is 0.0559 e. The Morgan fingerprint density at radius 3 is 2.21 bits per heavy atom. The highest BCUT2D eigenvalue weighted by atomic mass is 15.2. The van der Waals surface area contributed by atoms with Gasteiger partial charge in [-0.15, -0.1) is 0 Å². The second-order valence-corrected chi connectivity index (χ2v) is 5.48. The van der Waals surface area contributed by atoms with Crippen molar-refractivity contribution in [1.29, 1.82) is 0 Å². The first-order chi connectivity index (χ1) is 9.28. The molecule has 19 heavy (non-hydrogen) atoms. The molecule has 3 N–H and O–H groups in total. The number of aryl methyl sites for hydroxylation is 1. The highest BCUT2D eigenvalue weighted by molar-refractivity contribution is 5.40. The van der Waals surface area contributed by atoms with Gasteiger partial charge in [-0.2, -0.15) is 0 Å². The van der Waals surface area contributed by atoms with Crippen LogP contribution >= 0.6 is 0 Å². The monoisotopic (exact) mass is 252 g/mol. The Bertz CT molecular complexity index is 558. The van der Waals surface area contributed by atoms with Crippen LogP contribution in [0, 0.1) is 6.92 Å². The summed E-state index contributed by atoms with van der Waals surface area (Å²) in [6.45, 7) is 2.15. The molecular weight excluding hydrogens is 232 g/mol. The fourth-order valence-corrected chi connectivity index (χ4v) is 3.11. The van der Waals surface area contributed by atoms with Gasteiger partial charge in [0.05, 0.1) is 6.04 Å². The Kier molecular flexibility index (Phi) is 3.13. The highest BCUT2D eigenvalue weighted by Gasteiger charge is 2.51. The van der Waals surface area contributed by atoms with Crippen molar-refractivity contribution in [2.45, 2.75) is 31.2 Å². The van der Waals surface area contributed by atoms with Crippen LogP contribution in [0.2, 0.25) is 0 Å². The van der Waals surface area contributed by atoms with E-state index < -0.39 is 0 Å². The van der Waals surface area contributed by atoms with Crippen molar-refractivity contribution < 1.29 is 0 Å². The van der Waals surface area contributed by atoms with Gasteiger partial charge in [-0.05, 0) is 36.5 Å². The van der Waals surface area contributed by atoms with Crippen LogP contribution in [0.4, 0.5) is 0 Å². The fraction of sp³-hybridized carbons (Fsp3) is 0.294. The summed E-state index contributed by atoms with van der Waals surface area (Å²) >= 11 is 0. The standard InChI is InChI=1S/C17H20N2/c1-13-7-5-6-10-15(13)16(19-18)17(11-12-17)14-8-3-2-4-9-14/h2-10,16,19H,11-12,18H2,1H3. The molecule has 98 valence electrons. The molecule has 3 rings (SSSR count). The summed E-state index contributed by atoms with van der Waals surface area (Å²) in [7, 11) is 0. The SMILES string of the molecule is Cc1ccccc1C(NN)C1(c2ccccc2)CC1. The van der Waals surface area contributed by atoms with E-state index in [1.54, 1.807) is 0 Å². The van der Waals surface area contributed by atoms with Crippen molar-refractivity contribution in [1.82, 2.24) is 5.43 Å². The number of hydrazine groups is 1. The molecule has 0 radical (unpaired) electrons. The molecule has 1 atom stereocenters. The van der Waals surface area contributed by atoms with Crippen LogP contribution in [0.15, 0.2) is 54.6 Å². The summed E-state index contributed by atoms with van der Waals surface area (Å²) in [5.41, 5.74) is 7.23. The molecule has 0 saturated heterocycles. The number of nitrogens with two attached hydrogens (primary N) is 1. The van der Waals surface area contributed by atoms with Gasteiger partial charge in [0.2, 0.25) is 0 Å². The zero-order chi connectivity index (χ0) is 13.3. The van der Waals surface area contributed by atoms with Gasteiger partial charge >= 0.3 is 0 Å². The van der Waals surface area contributed by atoms with Crippen molar-refractivity contribution in [3.05, 3.63) is 71.3 Å². The Morgan fingerprint density at radius 1 is 1.00 bits per heavy atom. The smallest absolute Gasteiger partial charge is 0.0559 e. The van der Waals surface area contributed by atoms with Crippen molar-refractivity contribution in [3.63, 3.8) is 0 Å². The summed E-state index contributed by atoms with van der Waals surface area (Å²) in [5.74, 6) is 5.89. The number of benzene rings is 2. The van der Waals surface area contributed by atoms with Crippen molar-refractivity contribution >= 4 is 0 Å². The lowest BCUT2D eigenvalue weighted by Crippen LogP contribution is -2.37. The predicted molar refractivity (Wildman–Crippen MR) is 78.6 cm³/mol. The number of nitrogens with one attached hydrogen (secondary N) is 1. The number of hydrogen-bond acceptors (Lipinski definition) is 2. The lowest BCUT2D eigenvalue weighted by atomic mass is 9.83. The molecule has 1 fully saturated rings. The number of hydrogen-bond donors (Lipinski definition) is 2. The van der Waals surface area contributed by atoms with Crippen LogP contribution < -0.4 is 11.3 Å². The predicted octanol–water partition coefficient (Wildman–Crippen LogP) is 3.23. The van der Waals surface area contributed by atoms with Crippen molar-refractivity contribution in [2.24, 2.45) is 5.84 Å². The quantitative estimate of drug-likeness (QED) is 0.647. The minimum atomic E-state index is 0.169. The Labute approximate surface area is 114 Å². The van der Waals surface area contributed by atoms with Gasteiger partial charge < -0.3 is 0 Å². The number of rotatable bonds is 4. The van der Waals surface area contributed by atoms with Crippen molar-refractivity contribution in [2.75, 3.05) is 0 Å². The molecule has 0 heterocycles. The zero-order valence-electron chi connectivity index (χ0n) is 11.3. The van der Waals surface area contributed by atoms with Gasteiger partial charge in [-0.3, -0.25) is 11.3 Å². The van der Waals surface area contributed by atoms with E-state index in [0.29, 0.717) is 0 Å². The molecule has 0 spiro atoms. The lowest BCUT2D eigenvalue weighted by molar-refractivity contribution is 0.437. The van der Waals surface area contributed by atoms with E-state index in [-0.39, 0.29) is 11.5 Å². The maximum absolute atomic E-state index is 5.89. The second kappa shape index (κ2) is 4.80. The molecule has 1 aliphatic carbocycles. The van der Waals surface area contributed by atoms with E-state index in [9.17, 15) is 0 Å². The first kappa shape index (κ1) is 12.4. The third-order valence-corrected chi connectivity index (χ3v) is 4.36. The molecule has 0 bridgehead atoms. The molecular formula is C17H20N2. The summed E-state index contributed by atoms with van der Waals surface area (Å²) in [4.78, 5) is 0. The van der Waals surface area contributed by atoms with Gasteiger partial charge in [-0.1, -0.05) is 54.6 Å². The molecule has 0 aromatic heterocycles. The second-order valence-electron chi connectivity index (χ2n) is 5.48. The molecule has 1 unspecified atom stereocenters. The first-order valence-corrected chi connectivity index (χ1v) is 6.85. The van der Waals surface area contributed by atoms with Crippen LogP contribution in [-0.4, -0.2) is 0 Å². The molecule has 2 heteroatoms. The van der Waals surface area contributed by atoms with Gasteiger partial charge in [0, 0.05) is 5.41 Å². The van der Waals surface area contributed by atoms with Crippen molar-refractivity contribution in [3.8, 4) is 0 Å². The summed E-state index contributed by atoms with van der Waals surface area (Å²) in [5, 5.41) is 0. The van der Waals surface area contributed by atoms with E-state index in [4.69, 9.17) is 5.84 Å². The molecule has 2 aromatic rings. The van der Waals surface area contributed by atoms with E-state index in [0.717, 1.165) is 0 Å². The average molecular weight is 252 g/mol. The minimum Gasteiger partial charge on any atom is -0.271 e. The lowest BCUT2D eigenvalue weighted by Gasteiger charge is -2.28. The van der Waals surface area contributed by atoms with Gasteiger partial charge in [0.1, 0.15) is 0 Å². The largest absolute Gasteiger partial charge is 0.271 e. The Hall–Kier alpha value is -1.64. The maximum atomic E-state index is 5.89. The van der Waals surface area contributed by atoms with Crippen LogP contribution in [0.5, 0.6) is 0 Å². The molecule has 0 amide bonds. The first-order valence-electron chi connectivity index (χ1n) is 6.85. The summed E-state index contributed by atoms with van der Waals surface area (Å²) < 4.78 is 0. The molecule has 1 aliphatic rings.